The summed E-state index contributed by atoms with van der Waals surface area (Å²) in [5.41, 5.74) is -3.27. The summed E-state index contributed by atoms with van der Waals surface area (Å²) in [6.45, 7) is 0. The quantitative estimate of drug-likeness (QED) is 0.606. The molecule has 1 heterocycles. The van der Waals surface area contributed by atoms with Crippen molar-refractivity contribution in [2.75, 3.05) is 0 Å². The molecule has 0 saturated heterocycles. The molecule has 10 heteroatoms. The standard InChI is InChI=1S/C19H16F3N3O4/c20-19(21,22)16-12-18(27,14-7-9-15(10-8-14)25(28)29)24(23-16)17(26)11-6-13-4-2-1-3-5-13/h1-5,7-10,27H,6,11-12H2. The predicted molar refractivity (Wildman–Crippen MR) is 96.7 cm³/mol. The smallest absolute Gasteiger partial charge is 0.365 e. The van der Waals surface area contributed by atoms with Crippen LogP contribution in [-0.4, -0.2) is 32.8 Å². The average Bonchev–Trinajstić information content (AvgIpc) is 3.06. The van der Waals surface area contributed by atoms with Crippen LogP contribution in [0.3, 0.4) is 0 Å². The van der Waals surface area contributed by atoms with E-state index >= 15 is 0 Å². The lowest BCUT2D eigenvalue weighted by Gasteiger charge is -2.31. The van der Waals surface area contributed by atoms with Crippen molar-refractivity contribution in [2.24, 2.45) is 5.10 Å². The number of hydrogen-bond acceptors (Lipinski definition) is 5. The zero-order valence-corrected chi connectivity index (χ0v) is 15.0. The Hall–Kier alpha value is -3.27. The fraction of sp³-hybridized carbons (Fsp3) is 0.263. The third kappa shape index (κ3) is 4.27. The second-order valence-corrected chi connectivity index (χ2v) is 6.53. The van der Waals surface area contributed by atoms with Crippen molar-refractivity contribution in [3.8, 4) is 0 Å². The highest BCUT2D eigenvalue weighted by atomic mass is 19.4. The highest BCUT2D eigenvalue weighted by Gasteiger charge is 2.52. The highest BCUT2D eigenvalue weighted by molar-refractivity contribution is 5.94. The molecule has 2 aromatic carbocycles. The van der Waals surface area contributed by atoms with Crippen molar-refractivity contribution in [2.45, 2.75) is 31.2 Å². The lowest BCUT2D eigenvalue weighted by atomic mass is 9.96. The van der Waals surface area contributed by atoms with Gasteiger partial charge in [-0.15, -0.1) is 0 Å². The zero-order chi connectivity index (χ0) is 21.2. The minimum absolute atomic E-state index is 0.0980. The van der Waals surface area contributed by atoms with E-state index in [9.17, 15) is 33.2 Å². The van der Waals surface area contributed by atoms with Crippen molar-refractivity contribution in [3.63, 3.8) is 0 Å². The molecule has 1 aliphatic heterocycles. The van der Waals surface area contributed by atoms with Crippen LogP contribution >= 0.6 is 0 Å². The van der Waals surface area contributed by atoms with Crippen molar-refractivity contribution >= 4 is 17.3 Å². The number of aryl methyl sites for hydroxylation is 1. The van der Waals surface area contributed by atoms with E-state index < -0.39 is 34.9 Å². The average molecular weight is 407 g/mol. The number of hydrogen-bond donors (Lipinski definition) is 1. The van der Waals surface area contributed by atoms with Gasteiger partial charge in [0, 0.05) is 24.1 Å². The molecule has 1 aliphatic rings. The van der Waals surface area contributed by atoms with E-state index in [2.05, 4.69) is 5.10 Å². The van der Waals surface area contributed by atoms with Gasteiger partial charge in [0.15, 0.2) is 5.72 Å². The molecule has 0 saturated carbocycles. The Morgan fingerprint density at radius 1 is 1.17 bits per heavy atom. The zero-order valence-electron chi connectivity index (χ0n) is 15.0. The van der Waals surface area contributed by atoms with Crippen LogP contribution in [0, 0.1) is 10.1 Å². The van der Waals surface area contributed by atoms with E-state index in [0.717, 1.165) is 29.8 Å². The molecule has 152 valence electrons. The predicted octanol–water partition coefficient (Wildman–Crippen LogP) is 3.52. The Labute approximate surface area is 163 Å². The molecule has 3 rings (SSSR count). The Morgan fingerprint density at radius 3 is 2.34 bits per heavy atom. The Kier molecular flexibility index (Phi) is 5.38. The Morgan fingerprint density at radius 2 is 1.79 bits per heavy atom. The van der Waals surface area contributed by atoms with Gasteiger partial charge < -0.3 is 5.11 Å². The van der Waals surface area contributed by atoms with Gasteiger partial charge in [-0.1, -0.05) is 30.3 Å². The van der Waals surface area contributed by atoms with E-state index in [1.807, 2.05) is 0 Å². The number of hydrazone groups is 1. The molecule has 29 heavy (non-hydrogen) atoms. The molecule has 7 nitrogen and oxygen atoms in total. The van der Waals surface area contributed by atoms with Crippen LogP contribution in [-0.2, 0) is 16.9 Å². The molecular formula is C19H16F3N3O4. The lowest BCUT2D eigenvalue weighted by molar-refractivity contribution is -0.384. The molecule has 1 unspecified atom stereocenters. The van der Waals surface area contributed by atoms with Crippen molar-refractivity contribution in [1.82, 2.24) is 5.01 Å². The fourth-order valence-electron chi connectivity index (χ4n) is 3.04. The van der Waals surface area contributed by atoms with Crippen LogP contribution < -0.4 is 0 Å². The van der Waals surface area contributed by atoms with Gasteiger partial charge in [-0.05, 0) is 24.1 Å². The summed E-state index contributed by atoms with van der Waals surface area (Å²) in [4.78, 5) is 22.8. The van der Waals surface area contributed by atoms with Crippen molar-refractivity contribution in [3.05, 3.63) is 75.8 Å². The van der Waals surface area contributed by atoms with Gasteiger partial charge in [0.25, 0.3) is 5.69 Å². The Balaban J connectivity index is 1.89. The number of nitro groups is 1. The van der Waals surface area contributed by atoms with Gasteiger partial charge in [-0.3, -0.25) is 14.9 Å². The molecular weight excluding hydrogens is 391 g/mol. The van der Waals surface area contributed by atoms with E-state index in [1.54, 1.807) is 30.3 Å². The SMILES string of the molecule is O=C(CCc1ccccc1)N1N=C(C(F)(F)F)CC1(O)c1ccc([N+](=O)[O-])cc1. The van der Waals surface area contributed by atoms with Crippen LogP contribution in [0.25, 0.3) is 0 Å². The van der Waals surface area contributed by atoms with E-state index in [0.29, 0.717) is 5.01 Å². The number of amides is 1. The van der Waals surface area contributed by atoms with E-state index in [-0.39, 0.29) is 24.1 Å². The van der Waals surface area contributed by atoms with E-state index in [1.165, 1.54) is 0 Å². The number of aliphatic hydroxyl groups is 1. The summed E-state index contributed by atoms with van der Waals surface area (Å²) in [5, 5.41) is 25.6. The summed E-state index contributed by atoms with van der Waals surface area (Å²) in [5.74, 6) is -0.797. The molecule has 0 aliphatic carbocycles. The van der Waals surface area contributed by atoms with Gasteiger partial charge in [0.1, 0.15) is 5.71 Å². The van der Waals surface area contributed by atoms with Gasteiger partial charge in [-0.25, -0.2) is 0 Å². The van der Waals surface area contributed by atoms with Crippen LogP contribution in [0.2, 0.25) is 0 Å². The number of halogens is 3. The molecule has 0 bridgehead atoms. The van der Waals surface area contributed by atoms with Crippen LogP contribution in [0.5, 0.6) is 0 Å². The first kappa shape index (κ1) is 20.5. The first-order chi connectivity index (χ1) is 13.6. The largest absolute Gasteiger partial charge is 0.431 e. The number of non-ortho nitro benzene ring substituents is 1. The van der Waals surface area contributed by atoms with Crippen molar-refractivity contribution < 1.29 is 28.0 Å². The summed E-state index contributed by atoms with van der Waals surface area (Å²) in [6.07, 6.45) is -5.72. The van der Waals surface area contributed by atoms with Crippen LogP contribution in [0.1, 0.15) is 24.0 Å². The number of nitrogens with zero attached hydrogens (tertiary/aromatic N) is 3. The number of carbonyl (C=O) groups excluding carboxylic acids is 1. The highest BCUT2D eigenvalue weighted by Crippen LogP contribution is 2.40. The van der Waals surface area contributed by atoms with E-state index in [4.69, 9.17) is 0 Å². The summed E-state index contributed by atoms with van der Waals surface area (Å²) < 4.78 is 39.6. The minimum atomic E-state index is -4.83. The first-order valence-corrected chi connectivity index (χ1v) is 8.60. The second-order valence-electron chi connectivity index (χ2n) is 6.53. The number of nitro benzene ring substituents is 1. The molecule has 1 amide bonds. The topological polar surface area (TPSA) is 96.0 Å². The van der Waals surface area contributed by atoms with Gasteiger partial charge in [-0.2, -0.15) is 23.3 Å². The summed E-state index contributed by atoms with van der Waals surface area (Å²) in [7, 11) is 0. The van der Waals surface area contributed by atoms with Gasteiger partial charge >= 0.3 is 6.18 Å². The van der Waals surface area contributed by atoms with Gasteiger partial charge in [0.2, 0.25) is 5.91 Å². The maximum Gasteiger partial charge on any atom is 0.431 e. The normalized spacial score (nSPS) is 19.2. The van der Waals surface area contributed by atoms with Crippen molar-refractivity contribution in [1.29, 1.82) is 0 Å². The number of alkyl halides is 3. The maximum atomic E-state index is 13.2. The third-order valence-corrected chi connectivity index (χ3v) is 4.56. The molecule has 0 spiro atoms. The monoisotopic (exact) mass is 407 g/mol. The Bertz CT molecular complexity index is 945. The molecule has 1 N–H and O–H groups in total. The fourth-order valence-corrected chi connectivity index (χ4v) is 3.04. The number of rotatable bonds is 5. The first-order valence-electron chi connectivity index (χ1n) is 8.60. The molecule has 0 radical (unpaired) electrons. The minimum Gasteiger partial charge on any atom is -0.365 e. The molecule has 1 atom stereocenters. The molecule has 0 fully saturated rings. The number of benzene rings is 2. The second kappa shape index (κ2) is 7.63. The summed E-state index contributed by atoms with van der Waals surface area (Å²) >= 11 is 0. The summed E-state index contributed by atoms with van der Waals surface area (Å²) in [6, 6.07) is 13.2. The molecule has 2 aromatic rings. The van der Waals surface area contributed by atoms with Gasteiger partial charge in [0.05, 0.1) is 11.3 Å². The van der Waals surface area contributed by atoms with Crippen LogP contribution in [0.15, 0.2) is 59.7 Å². The lowest BCUT2D eigenvalue weighted by Crippen LogP contribution is -2.43. The molecule has 0 aromatic heterocycles. The number of carbonyl (C=O) groups is 1. The van der Waals surface area contributed by atoms with Crippen LogP contribution in [0.4, 0.5) is 18.9 Å². The maximum absolute atomic E-state index is 13.2. The third-order valence-electron chi connectivity index (χ3n) is 4.56.